The van der Waals surface area contributed by atoms with Crippen molar-refractivity contribution in [2.45, 2.75) is 77.4 Å². The van der Waals surface area contributed by atoms with Gasteiger partial charge in [0.25, 0.3) is 23.6 Å². The summed E-state index contributed by atoms with van der Waals surface area (Å²) in [6.07, 6.45) is 13.4. The smallest absolute Gasteiger partial charge is 0.277 e. The maximum absolute atomic E-state index is 13.2. The summed E-state index contributed by atoms with van der Waals surface area (Å²) < 4.78 is 83.2. The molecule has 0 spiro atoms. The first-order valence-electron chi connectivity index (χ1n) is 38.9. The van der Waals surface area contributed by atoms with Gasteiger partial charge in [-0.05, 0) is 137 Å². The van der Waals surface area contributed by atoms with Gasteiger partial charge in [0, 0.05) is 114 Å². The van der Waals surface area contributed by atoms with Gasteiger partial charge in [0.2, 0.25) is 47.9 Å². The molecule has 4 aliphatic rings. The van der Waals surface area contributed by atoms with Crippen molar-refractivity contribution >= 4 is 98.9 Å². The summed E-state index contributed by atoms with van der Waals surface area (Å²) in [5.74, 6) is -0.777. The lowest BCUT2D eigenvalue weighted by molar-refractivity contribution is 0.0701. The Morgan fingerprint density at radius 2 is 0.736 bits per heavy atom. The Hall–Kier alpha value is -12.7. The third-order valence-electron chi connectivity index (χ3n) is 21.0. The van der Waals surface area contributed by atoms with E-state index in [4.69, 9.17) is 20.8 Å². The zero-order valence-corrected chi connectivity index (χ0v) is 67.7. The molecule has 1 unspecified atom stereocenters. The number of hydroxylamine groups is 4. The van der Waals surface area contributed by atoms with Crippen LogP contribution in [0, 0.1) is 5.92 Å². The summed E-state index contributed by atoms with van der Waals surface area (Å²) in [5, 5.41) is 51.2. The first-order valence-corrected chi connectivity index (χ1v) is 43.2. The Morgan fingerprint density at radius 3 is 1.17 bits per heavy atom. The number of sulfonamides is 3. The molecule has 4 aromatic heterocycles. The van der Waals surface area contributed by atoms with Crippen LogP contribution in [0.5, 0.6) is 0 Å². The molecule has 33 nitrogen and oxygen atoms in total. The minimum absolute atomic E-state index is 0.0134. The summed E-state index contributed by atoms with van der Waals surface area (Å²) in [6.45, 7) is 4.74. The molecule has 1 atom stereocenters. The number of fused-ring (bicyclic) bond motifs is 2. The maximum atomic E-state index is 13.2. The number of pyridine rings is 1. The fourth-order valence-electron chi connectivity index (χ4n) is 14.4. The van der Waals surface area contributed by atoms with Gasteiger partial charge in [-0.15, -0.1) is 0 Å². The molecule has 0 radical (unpaired) electrons. The van der Waals surface area contributed by atoms with Crippen LogP contribution in [0.3, 0.4) is 0 Å². The minimum atomic E-state index is -3.58. The van der Waals surface area contributed by atoms with Crippen molar-refractivity contribution in [3.05, 3.63) is 289 Å². The molecule has 8 aromatic carbocycles. The summed E-state index contributed by atoms with van der Waals surface area (Å²) >= 11 is 0. The normalized spacial score (nSPS) is 15.8. The van der Waals surface area contributed by atoms with Crippen molar-refractivity contribution < 1.29 is 65.3 Å². The summed E-state index contributed by atoms with van der Waals surface area (Å²) in [7, 11) is -10.7. The monoisotopic (exact) mass is 1700 g/mol. The Morgan fingerprint density at radius 1 is 0.355 bits per heavy atom. The van der Waals surface area contributed by atoms with Gasteiger partial charge in [-0.2, -0.15) is 12.9 Å². The lowest BCUT2D eigenvalue weighted by atomic mass is 9.93. The fraction of sp³-hybridized carbons (Fsp3) is 0.235. The van der Waals surface area contributed by atoms with E-state index in [1.165, 1.54) is 79.6 Å². The van der Waals surface area contributed by atoms with E-state index in [0.717, 1.165) is 64.4 Å². The minimum Gasteiger partial charge on any atom is -0.365 e. The number of likely N-dealkylation sites (tertiary alicyclic amines) is 1. The molecule has 4 fully saturated rings. The highest BCUT2D eigenvalue weighted by atomic mass is 32.2. The van der Waals surface area contributed by atoms with Gasteiger partial charge >= 0.3 is 0 Å². The maximum Gasteiger partial charge on any atom is 0.277 e. The number of rotatable bonds is 23. The zero-order chi connectivity index (χ0) is 84.9. The Labute approximate surface area is 698 Å². The quantitative estimate of drug-likeness (QED) is 0.0209. The molecule has 4 saturated heterocycles. The first kappa shape index (κ1) is 86.1. The standard InChI is InChI=1S/C22H23N5O4S.C22H22N4O2.C21H23N5O4S.C20H21N5O4S/c28-21(26-29)18-14-23-22(24-15-18)25-19-10-12-27(13-11-19)32(30,31)20-8-6-17(7-9-20)16-4-2-1-3-5-16;27-22(25-28)18-11-12-20(23-13-18)24-19-14-26(15-19)21(16-7-3-1-4-8-16)17-9-5-2-6-10-17;27-20(25-28)18-12-23-21(24-13-18)22-11-15-4-3-9-26(14-15)31(29,30)19-8-7-16-5-1-2-6-17(16)10-19;26-19(24-27)16-12-21-20(22-13-16)23-17-7-9-25(10-8-17)30(28,29)18-6-5-14-3-1-2-4-15(14)11-18/h1-9,14-15,19,29H,10-13H2,(H,26,28)(H,23,24,25);1-13,19,21,28H,14-15H2,(H,23,24)(H,25,27);1-2,5-8,10,12-13,15,28H,3-4,9,11,14H2,(H,25,27)(H,22,23,24);1-6,11-13,17,27H,7-10H2,(H,24,26)(H,21,22,23). The van der Waals surface area contributed by atoms with Gasteiger partial charge in [0.05, 0.1) is 49.0 Å². The van der Waals surface area contributed by atoms with Crippen LogP contribution >= 0.6 is 0 Å². The molecule has 16 rings (SSSR count). The molecular weight excluding hydrogens is 1610 g/mol. The number of carbonyl (C=O) groups is 4. The van der Waals surface area contributed by atoms with E-state index in [0.29, 0.717) is 111 Å². The van der Waals surface area contributed by atoms with E-state index in [-0.39, 0.29) is 45.6 Å². The van der Waals surface area contributed by atoms with E-state index < -0.39 is 53.7 Å². The van der Waals surface area contributed by atoms with Crippen LogP contribution in [-0.4, -0.2) is 199 Å². The lowest BCUT2D eigenvalue weighted by Gasteiger charge is -2.45. The van der Waals surface area contributed by atoms with Crippen LogP contribution in [-0.2, 0) is 30.1 Å². The Bertz CT molecular complexity index is 5820. The molecule has 12 aromatic rings. The number of amides is 4. The van der Waals surface area contributed by atoms with Gasteiger partial charge in [0.1, 0.15) is 5.82 Å². The topological polar surface area (TPSA) is 451 Å². The number of hydrogen-bond acceptors (Lipinski definition) is 26. The fourth-order valence-corrected chi connectivity index (χ4v) is 19.0. The van der Waals surface area contributed by atoms with Crippen molar-refractivity contribution in [3.63, 3.8) is 0 Å². The van der Waals surface area contributed by atoms with E-state index in [1.54, 1.807) is 58.3 Å². The van der Waals surface area contributed by atoms with E-state index >= 15 is 0 Å². The van der Waals surface area contributed by atoms with Crippen LogP contribution in [0.2, 0.25) is 0 Å². The van der Waals surface area contributed by atoms with Crippen LogP contribution in [0.25, 0.3) is 32.7 Å². The number of anilines is 4. The van der Waals surface area contributed by atoms with E-state index in [2.05, 4.69) is 110 Å². The van der Waals surface area contributed by atoms with Gasteiger partial charge in [-0.1, -0.05) is 164 Å². The van der Waals surface area contributed by atoms with Crippen LogP contribution in [0.1, 0.15) is 97.1 Å². The molecule has 626 valence electrons. The van der Waals surface area contributed by atoms with Gasteiger partial charge in [-0.3, -0.25) is 44.9 Å². The van der Waals surface area contributed by atoms with Crippen molar-refractivity contribution in [1.29, 1.82) is 0 Å². The van der Waals surface area contributed by atoms with Crippen LogP contribution in [0.4, 0.5) is 23.7 Å². The molecule has 4 aliphatic heterocycles. The second kappa shape index (κ2) is 40.4. The number of carbonyl (C=O) groups excluding carboxylic acids is 4. The highest BCUT2D eigenvalue weighted by Crippen LogP contribution is 2.35. The Balaban J connectivity index is 0.000000139. The first-order chi connectivity index (χ1) is 58.6. The van der Waals surface area contributed by atoms with Gasteiger partial charge in [0.15, 0.2) is 0 Å². The number of nitrogens with one attached hydrogen (secondary N) is 8. The molecule has 4 amide bonds. The second-order valence-corrected chi connectivity index (χ2v) is 34.7. The number of piperidine rings is 3. The number of aromatic nitrogens is 7. The Kier molecular flexibility index (Phi) is 28.7. The third-order valence-corrected chi connectivity index (χ3v) is 26.6. The highest BCUT2D eigenvalue weighted by Gasteiger charge is 2.36. The summed E-state index contributed by atoms with van der Waals surface area (Å²) in [4.78, 5) is 77.3. The third kappa shape index (κ3) is 22.0. The molecule has 12 N–H and O–H groups in total. The molecule has 0 aliphatic carbocycles. The molecule has 0 bridgehead atoms. The SMILES string of the molecule is O=C(NO)c1ccc(NC2CN(C(c3ccccc3)c3ccccc3)C2)nc1.O=C(NO)c1cnc(NC2CCN(S(=O)(=O)c3ccc(-c4ccccc4)cc3)CC2)nc1.O=C(NO)c1cnc(NC2CCN(S(=O)(=O)c3ccc4ccccc4c3)CC2)nc1.O=C(NO)c1cnc(NCC2CCCN(S(=O)(=O)c3ccc4ccccc4c3)C2)nc1. The molecule has 0 saturated carbocycles. The number of hydrogen-bond donors (Lipinski definition) is 12. The molecule has 36 heteroatoms. The molecular formula is C85H89N19O14S3. The predicted octanol–water partition coefficient (Wildman–Crippen LogP) is 9.89. The van der Waals surface area contributed by atoms with Crippen molar-refractivity contribution in [2.75, 3.05) is 80.2 Å². The average molecular weight is 1700 g/mol. The van der Waals surface area contributed by atoms with Crippen molar-refractivity contribution in [1.82, 2.24) is 74.6 Å². The van der Waals surface area contributed by atoms with Gasteiger partial charge in [-0.25, -0.2) is 82.1 Å². The van der Waals surface area contributed by atoms with Gasteiger partial charge < -0.3 is 21.3 Å². The van der Waals surface area contributed by atoms with Crippen LogP contribution in [0.15, 0.2) is 270 Å². The highest BCUT2D eigenvalue weighted by molar-refractivity contribution is 7.89. The lowest BCUT2D eigenvalue weighted by Crippen LogP contribution is -2.56. The number of nitrogens with zero attached hydrogens (tertiary/aromatic N) is 11. The zero-order valence-electron chi connectivity index (χ0n) is 65.3. The van der Waals surface area contributed by atoms with Crippen LogP contribution < -0.4 is 43.2 Å². The second-order valence-electron chi connectivity index (χ2n) is 28.9. The number of benzene rings is 8. The van der Waals surface area contributed by atoms with E-state index in [9.17, 15) is 44.4 Å². The molecule has 121 heavy (non-hydrogen) atoms. The molecule has 8 heterocycles. The summed E-state index contributed by atoms with van der Waals surface area (Å²) in [6, 6.07) is 67.6. The van der Waals surface area contributed by atoms with Crippen molar-refractivity contribution in [3.8, 4) is 11.1 Å². The average Bonchev–Trinajstić information content (AvgIpc) is 0.798. The van der Waals surface area contributed by atoms with E-state index in [1.807, 2.05) is 115 Å². The predicted molar refractivity (Wildman–Crippen MR) is 452 cm³/mol. The van der Waals surface area contributed by atoms with Crippen molar-refractivity contribution in [2.24, 2.45) is 5.92 Å². The largest absolute Gasteiger partial charge is 0.365 e. The summed E-state index contributed by atoms with van der Waals surface area (Å²) in [5.41, 5.74) is 11.5.